The van der Waals surface area contributed by atoms with Gasteiger partial charge in [0, 0.05) is 17.7 Å². The molecule has 0 aliphatic rings. The summed E-state index contributed by atoms with van der Waals surface area (Å²) >= 11 is 24.3. The SMILES string of the molecule is CCNCc1ccc(-c2c(Cl)c(Cl)cc(Cl)c2Cl)c(F)c1. The van der Waals surface area contributed by atoms with Crippen molar-refractivity contribution in [2.75, 3.05) is 6.54 Å². The van der Waals surface area contributed by atoms with E-state index in [4.69, 9.17) is 46.4 Å². The van der Waals surface area contributed by atoms with Crippen LogP contribution in [0.1, 0.15) is 12.5 Å². The van der Waals surface area contributed by atoms with Gasteiger partial charge in [-0.05, 0) is 24.2 Å². The zero-order valence-corrected chi connectivity index (χ0v) is 14.1. The Labute approximate surface area is 143 Å². The molecule has 2 aromatic rings. The fourth-order valence-corrected chi connectivity index (χ4v) is 2.96. The van der Waals surface area contributed by atoms with Crippen LogP contribution in [0.4, 0.5) is 4.39 Å². The van der Waals surface area contributed by atoms with Crippen molar-refractivity contribution in [2.45, 2.75) is 13.5 Å². The van der Waals surface area contributed by atoms with Gasteiger partial charge in [-0.1, -0.05) is 65.5 Å². The van der Waals surface area contributed by atoms with Crippen molar-refractivity contribution in [2.24, 2.45) is 0 Å². The minimum atomic E-state index is -0.424. The molecule has 0 spiro atoms. The summed E-state index contributed by atoms with van der Waals surface area (Å²) in [6.07, 6.45) is 0. The maximum absolute atomic E-state index is 14.4. The van der Waals surface area contributed by atoms with Crippen LogP contribution in [0.25, 0.3) is 11.1 Å². The van der Waals surface area contributed by atoms with Crippen LogP contribution in [0.2, 0.25) is 20.1 Å². The Kier molecular flexibility index (Phi) is 5.75. The average molecular weight is 367 g/mol. The summed E-state index contributed by atoms with van der Waals surface area (Å²) in [5.41, 5.74) is 1.41. The van der Waals surface area contributed by atoms with E-state index in [0.717, 1.165) is 12.1 Å². The zero-order chi connectivity index (χ0) is 15.6. The first kappa shape index (κ1) is 16.9. The number of benzene rings is 2. The summed E-state index contributed by atoms with van der Waals surface area (Å²) in [6.45, 7) is 3.38. The fourth-order valence-electron chi connectivity index (χ4n) is 1.95. The van der Waals surface area contributed by atoms with Gasteiger partial charge in [0.15, 0.2) is 0 Å². The first-order valence-electron chi connectivity index (χ1n) is 6.28. The first-order valence-corrected chi connectivity index (χ1v) is 7.79. The lowest BCUT2D eigenvalue weighted by atomic mass is 10.0. The van der Waals surface area contributed by atoms with E-state index in [2.05, 4.69) is 5.32 Å². The quantitative estimate of drug-likeness (QED) is 0.633. The third-order valence-electron chi connectivity index (χ3n) is 2.99. The molecule has 0 heterocycles. The second-order valence-corrected chi connectivity index (χ2v) is 6.01. The highest BCUT2D eigenvalue weighted by Gasteiger charge is 2.18. The first-order chi connectivity index (χ1) is 9.95. The van der Waals surface area contributed by atoms with Crippen LogP contribution in [0.5, 0.6) is 0 Å². The summed E-state index contributed by atoms with van der Waals surface area (Å²) in [7, 11) is 0. The Balaban J connectivity index is 2.53. The molecule has 0 unspecified atom stereocenters. The Morgan fingerprint density at radius 2 is 1.62 bits per heavy atom. The van der Waals surface area contributed by atoms with E-state index in [1.54, 1.807) is 6.07 Å². The molecule has 6 heteroatoms. The predicted octanol–water partition coefficient (Wildman–Crippen LogP) is 6.22. The highest BCUT2D eigenvalue weighted by molar-refractivity contribution is 6.50. The molecule has 21 heavy (non-hydrogen) atoms. The van der Waals surface area contributed by atoms with Gasteiger partial charge in [0.2, 0.25) is 0 Å². The van der Waals surface area contributed by atoms with Crippen molar-refractivity contribution in [1.82, 2.24) is 5.32 Å². The highest BCUT2D eigenvalue weighted by atomic mass is 35.5. The van der Waals surface area contributed by atoms with E-state index < -0.39 is 5.82 Å². The maximum Gasteiger partial charge on any atom is 0.131 e. The van der Waals surface area contributed by atoms with E-state index >= 15 is 0 Å². The van der Waals surface area contributed by atoms with Crippen LogP contribution in [-0.4, -0.2) is 6.54 Å². The van der Waals surface area contributed by atoms with Gasteiger partial charge in [0.1, 0.15) is 5.82 Å². The monoisotopic (exact) mass is 365 g/mol. The molecule has 112 valence electrons. The van der Waals surface area contributed by atoms with Gasteiger partial charge in [-0.25, -0.2) is 4.39 Å². The molecule has 0 saturated carbocycles. The van der Waals surface area contributed by atoms with Crippen molar-refractivity contribution in [1.29, 1.82) is 0 Å². The molecule has 2 rings (SSSR count). The van der Waals surface area contributed by atoms with Gasteiger partial charge < -0.3 is 5.32 Å². The van der Waals surface area contributed by atoms with E-state index in [9.17, 15) is 4.39 Å². The summed E-state index contributed by atoms with van der Waals surface area (Å²) in [5.74, 6) is -0.424. The van der Waals surface area contributed by atoms with Gasteiger partial charge >= 0.3 is 0 Å². The van der Waals surface area contributed by atoms with Crippen LogP contribution in [0.15, 0.2) is 24.3 Å². The summed E-state index contributed by atoms with van der Waals surface area (Å²) < 4.78 is 14.4. The number of hydrogen-bond donors (Lipinski definition) is 1. The van der Waals surface area contributed by atoms with Crippen molar-refractivity contribution >= 4 is 46.4 Å². The van der Waals surface area contributed by atoms with E-state index in [-0.39, 0.29) is 25.7 Å². The van der Waals surface area contributed by atoms with E-state index in [1.165, 1.54) is 12.1 Å². The Morgan fingerprint density at radius 1 is 1.00 bits per heavy atom. The summed E-state index contributed by atoms with van der Waals surface area (Å²) in [4.78, 5) is 0. The number of hydrogen-bond acceptors (Lipinski definition) is 1. The summed E-state index contributed by atoms with van der Waals surface area (Å²) in [6, 6.07) is 6.32. The third-order valence-corrected chi connectivity index (χ3v) is 4.57. The molecule has 1 nitrogen and oxygen atoms in total. The molecular weight excluding hydrogens is 355 g/mol. The number of halogens is 5. The minimum Gasteiger partial charge on any atom is -0.313 e. The third kappa shape index (κ3) is 3.64. The van der Waals surface area contributed by atoms with Gasteiger partial charge in [-0.3, -0.25) is 0 Å². The highest BCUT2D eigenvalue weighted by Crippen LogP contribution is 2.44. The molecular formula is C15H12Cl4FN. The Hall–Kier alpha value is -0.510. The number of nitrogens with one attached hydrogen (secondary N) is 1. The molecule has 0 atom stereocenters. The van der Waals surface area contributed by atoms with Crippen LogP contribution >= 0.6 is 46.4 Å². The van der Waals surface area contributed by atoms with Crippen LogP contribution in [0, 0.1) is 5.82 Å². The normalized spacial score (nSPS) is 11.0. The molecule has 2 aromatic carbocycles. The lowest BCUT2D eigenvalue weighted by Crippen LogP contribution is -2.11. The van der Waals surface area contributed by atoms with Crippen LogP contribution in [0.3, 0.4) is 0 Å². The molecule has 0 radical (unpaired) electrons. The smallest absolute Gasteiger partial charge is 0.131 e. The van der Waals surface area contributed by atoms with Crippen molar-refractivity contribution < 1.29 is 4.39 Å². The second kappa shape index (κ2) is 7.17. The van der Waals surface area contributed by atoms with E-state index in [1.807, 2.05) is 13.0 Å². The molecule has 0 aliphatic heterocycles. The largest absolute Gasteiger partial charge is 0.313 e. The van der Waals surface area contributed by atoms with Crippen molar-refractivity contribution in [3.63, 3.8) is 0 Å². The molecule has 0 saturated heterocycles. The minimum absolute atomic E-state index is 0.185. The predicted molar refractivity (Wildman–Crippen MR) is 89.3 cm³/mol. The number of rotatable bonds is 4. The molecule has 0 fully saturated rings. The van der Waals surface area contributed by atoms with E-state index in [0.29, 0.717) is 12.1 Å². The van der Waals surface area contributed by atoms with Crippen molar-refractivity contribution in [3.05, 3.63) is 55.7 Å². The average Bonchev–Trinajstić information content (AvgIpc) is 2.45. The van der Waals surface area contributed by atoms with Crippen LogP contribution in [-0.2, 0) is 6.54 Å². The molecule has 0 amide bonds. The molecule has 0 aliphatic carbocycles. The molecule has 0 bridgehead atoms. The van der Waals surface area contributed by atoms with Gasteiger partial charge in [-0.15, -0.1) is 0 Å². The molecule has 1 N–H and O–H groups in total. The van der Waals surface area contributed by atoms with Gasteiger partial charge in [0.05, 0.1) is 20.1 Å². The zero-order valence-electron chi connectivity index (χ0n) is 11.1. The fraction of sp³-hybridized carbons (Fsp3) is 0.200. The standard InChI is InChI=1S/C15H12Cl4FN/c1-2-21-7-8-3-4-9(12(20)5-8)13-14(18)10(16)6-11(17)15(13)19/h3-6,21H,2,7H2,1H3. The lowest BCUT2D eigenvalue weighted by molar-refractivity contribution is 0.625. The van der Waals surface area contributed by atoms with Gasteiger partial charge in [0.25, 0.3) is 0 Å². The van der Waals surface area contributed by atoms with Gasteiger partial charge in [-0.2, -0.15) is 0 Å². The second-order valence-electron chi connectivity index (χ2n) is 4.44. The van der Waals surface area contributed by atoms with Crippen molar-refractivity contribution in [3.8, 4) is 11.1 Å². The lowest BCUT2D eigenvalue weighted by Gasteiger charge is -2.12. The molecule has 0 aromatic heterocycles. The maximum atomic E-state index is 14.4. The Morgan fingerprint density at radius 3 is 2.14 bits per heavy atom. The Bertz CT molecular complexity index is 647. The summed E-state index contributed by atoms with van der Waals surface area (Å²) in [5, 5.41) is 3.97. The topological polar surface area (TPSA) is 12.0 Å². The van der Waals surface area contributed by atoms with Crippen LogP contribution < -0.4 is 5.32 Å².